The summed E-state index contributed by atoms with van der Waals surface area (Å²) in [6, 6.07) is 7.27. The number of benzene rings is 1. The van der Waals surface area contributed by atoms with Crippen molar-refractivity contribution in [2.45, 2.75) is 32.8 Å². The summed E-state index contributed by atoms with van der Waals surface area (Å²) in [4.78, 5) is 19.0. The number of carbonyl (C=O) groups excluding carboxylic acids is 1. The van der Waals surface area contributed by atoms with Crippen molar-refractivity contribution in [1.29, 1.82) is 0 Å². The van der Waals surface area contributed by atoms with Crippen molar-refractivity contribution >= 4 is 17.2 Å². The van der Waals surface area contributed by atoms with Gasteiger partial charge >= 0.3 is 0 Å². The smallest absolute Gasteiger partial charge is 0.251 e. The van der Waals surface area contributed by atoms with E-state index < -0.39 is 0 Å². The third-order valence-corrected chi connectivity index (χ3v) is 5.15. The van der Waals surface area contributed by atoms with E-state index in [0.29, 0.717) is 18.7 Å². The topological polar surface area (TPSA) is 54.5 Å². The van der Waals surface area contributed by atoms with E-state index in [0.717, 1.165) is 36.1 Å². The van der Waals surface area contributed by atoms with Crippen LogP contribution in [0.4, 0.5) is 0 Å². The van der Waals surface area contributed by atoms with Crippen LogP contribution >= 0.6 is 11.3 Å². The van der Waals surface area contributed by atoms with Crippen molar-refractivity contribution in [3.8, 4) is 5.75 Å². The second-order valence-electron chi connectivity index (χ2n) is 6.33. The van der Waals surface area contributed by atoms with Crippen LogP contribution in [0.15, 0.2) is 29.6 Å². The molecule has 1 aliphatic heterocycles. The molecule has 0 radical (unpaired) electrons. The van der Waals surface area contributed by atoms with Crippen molar-refractivity contribution in [1.82, 2.24) is 15.2 Å². The summed E-state index contributed by atoms with van der Waals surface area (Å²) < 4.78 is 5.71. The molecule has 1 amide bonds. The maximum Gasteiger partial charge on any atom is 0.251 e. The molecule has 0 spiro atoms. The zero-order valence-corrected chi connectivity index (χ0v) is 15.5. The molecule has 0 unspecified atom stereocenters. The molecule has 5 nitrogen and oxygen atoms in total. The number of nitrogens with zero attached hydrogens (tertiary/aromatic N) is 2. The predicted molar refractivity (Wildman–Crippen MR) is 100 cm³/mol. The molecule has 0 aliphatic carbocycles. The first kappa shape index (κ1) is 17.9. The number of piperidine rings is 1. The van der Waals surface area contributed by atoms with Gasteiger partial charge in [-0.2, -0.15) is 0 Å². The molecule has 134 valence electrons. The quantitative estimate of drug-likeness (QED) is 0.824. The fourth-order valence-corrected chi connectivity index (χ4v) is 3.54. The van der Waals surface area contributed by atoms with Gasteiger partial charge in [0.2, 0.25) is 0 Å². The van der Waals surface area contributed by atoms with E-state index in [4.69, 9.17) is 4.74 Å². The van der Waals surface area contributed by atoms with E-state index in [-0.39, 0.29) is 5.91 Å². The average Bonchev–Trinajstić information content (AvgIpc) is 3.06. The number of likely N-dealkylation sites (tertiary alicyclic amines) is 1. The number of thiazole rings is 1. The first-order chi connectivity index (χ1) is 12.2. The molecular formula is C19H25N3O2S. The maximum absolute atomic E-state index is 12.2. The lowest BCUT2D eigenvalue weighted by Gasteiger charge is -2.26. The molecule has 25 heavy (non-hydrogen) atoms. The van der Waals surface area contributed by atoms with Gasteiger partial charge in [-0.3, -0.25) is 4.79 Å². The van der Waals surface area contributed by atoms with Gasteiger partial charge in [-0.1, -0.05) is 6.42 Å². The summed E-state index contributed by atoms with van der Waals surface area (Å²) in [5.74, 6) is 0.717. The summed E-state index contributed by atoms with van der Waals surface area (Å²) in [6.07, 6.45) is 3.88. The molecule has 1 aromatic carbocycles. The molecule has 6 heteroatoms. The molecule has 2 aromatic rings. The van der Waals surface area contributed by atoms with E-state index in [2.05, 4.69) is 15.2 Å². The molecule has 0 saturated carbocycles. The Morgan fingerprint density at radius 1 is 1.24 bits per heavy atom. The van der Waals surface area contributed by atoms with E-state index >= 15 is 0 Å². The molecule has 0 atom stereocenters. The Balaban J connectivity index is 1.42. The molecule has 1 saturated heterocycles. The van der Waals surface area contributed by atoms with Gasteiger partial charge in [-0.05, 0) is 57.1 Å². The lowest BCUT2D eigenvalue weighted by molar-refractivity contribution is 0.0946. The largest absolute Gasteiger partial charge is 0.487 e. The van der Waals surface area contributed by atoms with Crippen LogP contribution in [0, 0.1) is 6.92 Å². The van der Waals surface area contributed by atoms with Crippen LogP contribution in [0.5, 0.6) is 5.75 Å². The standard InChI is InChI=1S/C19H25N3O2S/c1-15-21-17(14-25-15)13-24-18-7-5-16(6-8-18)19(23)20-9-12-22-10-3-2-4-11-22/h5-8,14H,2-4,9-13H2,1H3,(H,20,23). The van der Waals surface area contributed by atoms with Crippen LogP contribution in [0.2, 0.25) is 0 Å². The Morgan fingerprint density at radius 2 is 2.00 bits per heavy atom. The van der Waals surface area contributed by atoms with E-state index in [9.17, 15) is 4.79 Å². The Kier molecular flexibility index (Phi) is 6.42. The number of rotatable bonds is 7. The highest BCUT2D eigenvalue weighted by atomic mass is 32.1. The van der Waals surface area contributed by atoms with Crippen LogP contribution < -0.4 is 10.1 Å². The number of amides is 1. The summed E-state index contributed by atoms with van der Waals surface area (Å²) in [6.45, 7) is 6.36. The van der Waals surface area contributed by atoms with E-state index in [1.54, 1.807) is 23.5 Å². The number of carbonyl (C=O) groups is 1. The average molecular weight is 359 g/mol. The Morgan fingerprint density at radius 3 is 2.68 bits per heavy atom. The minimum Gasteiger partial charge on any atom is -0.487 e. The fraction of sp³-hybridized carbons (Fsp3) is 0.474. The lowest BCUT2D eigenvalue weighted by Crippen LogP contribution is -2.37. The van der Waals surface area contributed by atoms with E-state index in [1.807, 2.05) is 24.4 Å². The van der Waals surface area contributed by atoms with Gasteiger partial charge in [0.15, 0.2) is 0 Å². The van der Waals surface area contributed by atoms with Gasteiger partial charge in [0.25, 0.3) is 5.91 Å². The monoisotopic (exact) mass is 359 g/mol. The minimum atomic E-state index is -0.0290. The van der Waals surface area contributed by atoms with Crippen LogP contribution in [-0.2, 0) is 6.61 Å². The minimum absolute atomic E-state index is 0.0290. The molecule has 1 aromatic heterocycles. The summed E-state index contributed by atoms with van der Waals surface area (Å²) >= 11 is 1.62. The van der Waals surface area contributed by atoms with Gasteiger partial charge in [-0.25, -0.2) is 4.98 Å². The van der Waals surface area contributed by atoms with Crippen molar-refractivity contribution in [3.05, 3.63) is 45.9 Å². The molecule has 3 rings (SSSR count). The highest BCUT2D eigenvalue weighted by Gasteiger charge is 2.11. The maximum atomic E-state index is 12.2. The third kappa shape index (κ3) is 5.54. The third-order valence-electron chi connectivity index (χ3n) is 4.33. The zero-order chi connectivity index (χ0) is 17.5. The molecule has 1 fully saturated rings. The molecular weight excluding hydrogens is 334 g/mol. The number of aryl methyl sites for hydroxylation is 1. The summed E-state index contributed by atoms with van der Waals surface area (Å²) in [5, 5.41) is 6.03. The number of aromatic nitrogens is 1. The van der Waals surface area contributed by atoms with Crippen molar-refractivity contribution in [2.75, 3.05) is 26.2 Å². The normalized spacial score (nSPS) is 15.1. The molecule has 2 heterocycles. The van der Waals surface area contributed by atoms with Crippen LogP contribution in [-0.4, -0.2) is 42.0 Å². The predicted octanol–water partition coefficient (Wildman–Crippen LogP) is 3.25. The van der Waals surface area contributed by atoms with Crippen molar-refractivity contribution in [2.24, 2.45) is 0 Å². The van der Waals surface area contributed by atoms with Gasteiger partial charge in [0.05, 0.1) is 10.7 Å². The van der Waals surface area contributed by atoms with Gasteiger partial charge < -0.3 is 15.0 Å². The second-order valence-corrected chi connectivity index (χ2v) is 7.39. The molecule has 0 bridgehead atoms. The second kappa shape index (κ2) is 8.97. The lowest BCUT2D eigenvalue weighted by atomic mass is 10.1. The summed E-state index contributed by atoms with van der Waals surface area (Å²) in [7, 11) is 0. The Bertz CT molecular complexity index is 678. The first-order valence-corrected chi connectivity index (χ1v) is 9.73. The van der Waals surface area contributed by atoms with Crippen molar-refractivity contribution in [3.63, 3.8) is 0 Å². The molecule has 1 aliphatic rings. The SMILES string of the molecule is Cc1nc(COc2ccc(C(=O)NCCN3CCCCC3)cc2)cs1. The van der Waals surface area contributed by atoms with E-state index in [1.165, 1.54) is 19.3 Å². The first-order valence-electron chi connectivity index (χ1n) is 8.85. The van der Waals surface area contributed by atoms with Gasteiger partial charge in [-0.15, -0.1) is 11.3 Å². The number of hydrogen-bond donors (Lipinski definition) is 1. The Hall–Kier alpha value is -1.92. The van der Waals surface area contributed by atoms with Crippen LogP contribution in [0.1, 0.15) is 40.3 Å². The number of hydrogen-bond acceptors (Lipinski definition) is 5. The number of nitrogens with one attached hydrogen (secondary N) is 1. The Labute approximate surface area is 153 Å². The molecule has 1 N–H and O–H groups in total. The van der Waals surface area contributed by atoms with Crippen molar-refractivity contribution < 1.29 is 9.53 Å². The number of ether oxygens (including phenoxy) is 1. The fourth-order valence-electron chi connectivity index (χ4n) is 2.95. The zero-order valence-electron chi connectivity index (χ0n) is 14.7. The highest BCUT2D eigenvalue weighted by molar-refractivity contribution is 7.09. The van der Waals surface area contributed by atoms with Crippen LogP contribution in [0.3, 0.4) is 0 Å². The summed E-state index contributed by atoms with van der Waals surface area (Å²) in [5.41, 5.74) is 1.59. The highest BCUT2D eigenvalue weighted by Crippen LogP contribution is 2.15. The van der Waals surface area contributed by atoms with Gasteiger partial charge in [0, 0.05) is 24.0 Å². The van der Waals surface area contributed by atoms with Crippen LogP contribution in [0.25, 0.3) is 0 Å². The van der Waals surface area contributed by atoms with Gasteiger partial charge in [0.1, 0.15) is 12.4 Å².